The molecule has 1 aromatic heterocycles. The molecular formula is C11H13N2+. The van der Waals surface area contributed by atoms with Gasteiger partial charge in [-0.2, -0.15) is 0 Å². The highest BCUT2D eigenvalue weighted by molar-refractivity contribution is 5.31. The maximum Gasteiger partial charge on any atom is 0.258 e. The van der Waals surface area contributed by atoms with Gasteiger partial charge in [0.05, 0.1) is 7.05 Å². The first-order valence-electron chi connectivity index (χ1n) is 5.23. The molecule has 0 N–H and O–H groups in total. The number of aromatic nitrogens is 2. The van der Waals surface area contributed by atoms with E-state index in [-0.39, 0.29) is 12.3 Å². The molecule has 0 amide bonds. The SMILES string of the molecule is [2H]c1c([2H])[n+](C)c(C)n1-c1ccccc1. The summed E-state index contributed by atoms with van der Waals surface area (Å²) in [6.07, 6.45) is 0.456. The second-order valence-electron chi connectivity index (χ2n) is 3.00. The van der Waals surface area contributed by atoms with Gasteiger partial charge in [0.2, 0.25) is 0 Å². The van der Waals surface area contributed by atoms with Gasteiger partial charge in [0.25, 0.3) is 5.82 Å². The van der Waals surface area contributed by atoms with Gasteiger partial charge in [-0.05, 0) is 12.1 Å². The van der Waals surface area contributed by atoms with Crippen LogP contribution in [0.15, 0.2) is 42.7 Å². The summed E-state index contributed by atoms with van der Waals surface area (Å²) in [7, 11) is 1.80. The highest BCUT2D eigenvalue weighted by Gasteiger charge is 2.09. The van der Waals surface area contributed by atoms with Crippen LogP contribution in [-0.2, 0) is 7.05 Å². The van der Waals surface area contributed by atoms with Crippen molar-refractivity contribution >= 4 is 0 Å². The number of hydrogen-bond donors (Lipinski definition) is 0. The molecule has 0 aliphatic rings. The molecule has 0 aliphatic carbocycles. The summed E-state index contributed by atoms with van der Waals surface area (Å²) in [5, 5.41) is 0. The summed E-state index contributed by atoms with van der Waals surface area (Å²) in [5.41, 5.74) is 0.925. The lowest BCUT2D eigenvalue weighted by Gasteiger charge is -1.96. The van der Waals surface area contributed by atoms with E-state index in [1.807, 2.05) is 37.3 Å². The van der Waals surface area contributed by atoms with Gasteiger partial charge in [-0.15, -0.1) is 0 Å². The van der Waals surface area contributed by atoms with E-state index < -0.39 is 0 Å². The second-order valence-corrected chi connectivity index (χ2v) is 3.00. The van der Waals surface area contributed by atoms with Crippen LogP contribution in [0.25, 0.3) is 5.69 Å². The Labute approximate surface area is 80.9 Å². The fourth-order valence-corrected chi connectivity index (χ4v) is 1.27. The summed E-state index contributed by atoms with van der Waals surface area (Å²) in [5.74, 6) is 0.885. The Morgan fingerprint density at radius 3 is 2.54 bits per heavy atom. The first-order valence-corrected chi connectivity index (χ1v) is 4.23. The predicted molar refractivity (Wildman–Crippen MR) is 51.7 cm³/mol. The molecule has 0 unspecified atom stereocenters. The number of nitrogens with zero attached hydrogens (tertiary/aromatic N) is 2. The Hall–Kier alpha value is -1.57. The van der Waals surface area contributed by atoms with Crippen LogP contribution in [0.2, 0.25) is 0 Å². The van der Waals surface area contributed by atoms with Gasteiger partial charge in [0.15, 0.2) is 0 Å². The smallest absolute Gasteiger partial charge is 0.237 e. The number of benzene rings is 1. The summed E-state index contributed by atoms with van der Waals surface area (Å²) in [4.78, 5) is 0. The van der Waals surface area contributed by atoms with Crippen LogP contribution in [-0.4, -0.2) is 4.57 Å². The minimum atomic E-state index is 0.223. The zero-order valence-corrected chi connectivity index (χ0v) is 7.78. The van der Waals surface area contributed by atoms with E-state index in [0.29, 0.717) is 0 Å². The first-order chi connectivity index (χ1) is 7.13. The zero-order valence-electron chi connectivity index (χ0n) is 9.78. The average Bonchev–Trinajstić information content (AvgIpc) is 2.45. The summed E-state index contributed by atoms with van der Waals surface area (Å²) in [6.45, 7) is 1.91. The Bertz CT molecular complexity index is 464. The molecule has 66 valence electrons. The van der Waals surface area contributed by atoms with Crippen molar-refractivity contribution in [2.24, 2.45) is 7.05 Å². The maximum absolute atomic E-state index is 7.85. The summed E-state index contributed by atoms with van der Waals surface area (Å²) < 4.78 is 19.0. The van der Waals surface area contributed by atoms with Gasteiger partial charge >= 0.3 is 0 Å². The molecule has 0 saturated heterocycles. The molecule has 0 fully saturated rings. The largest absolute Gasteiger partial charge is 0.258 e. The molecule has 0 spiro atoms. The van der Waals surface area contributed by atoms with Gasteiger partial charge in [-0.3, -0.25) is 0 Å². The predicted octanol–water partition coefficient (Wildman–Crippen LogP) is 1.61. The Kier molecular flexibility index (Phi) is 1.40. The van der Waals surface area contributed by atoms with Crippen LogP contribution < -0.4 is 4.57 Å². The standard InChI is InChI=1S/C11H13N2/c1-10-12(2)8-9-13(10)11-6-4-3-5-7-11/h3-9H,1-2H3/q+1/i8D,9D. The molecule has 0 aliphatic heterocycles. The van der Waals surface area contributed by atoms with Crippen molar-refractivity contribution in [3.05, 3.63) is 48.5 Å². The van der Waals surface area contributed by atoms with Crippen molar-refractivity contribution in [1.82, 2.24) is 4.57 Å². The average molecular weight is 175 g/mol. The van der Waals surface area contributed by atoms with E-state index >= 15 is 0 Å². The van der Waals surface area contributed by atoms with Gasteiger partial charge < -0.3 is 0 Å². The monoisotopic (exact) mass is 175 g/mol. The van der Waals surface area contributed by atoms with Crippen molar-refractivity contribution in [1.29, 1.82) is 0 Å². The van der Waals surface area contributed by atoms with E-state index in [2.05, 4.69) is 0 Å². The fourth-order valence-electron chi connectivity index (χ4n) is 1.27. The topological polar surface area (TPSA) is 8.81 Å². The fraction of sp³-hybridized carbons (Fsp3) is 0.182. The van der Waals surface area contributed by atoms with Crippen molar-refractivity contribution in [3.8, 4) is 5.69 Å². The second kappa shape index (κ2) is 3.05. The lowest BCUT2D eigenvalue weighted by Crippen LogP contribution is -2.29. The Morgan fingerprint density at radius 2 is 2.00 bits per heavy atom. The molecule has 1 heterocycles. The molecule has 2 aromatic rings. The molecule has 2 nitrogen and oxygen atoms in total. The molecule has 1 aromatic carbocycles. The van der Waals surface area contributed by atoms with Crippen LogP contribution in [0.3, 0.4) is 0 Å². The third-order valence-corrected chi connectivity index (χ3v) is 2.15. The van der Waals surface area contributed by atoms with Crippen molar-refractivity contribution < 1.29 is 7.31 Å². The van der Waals surface area contributed by atoms with E-state index in [0.717, 1.165) is 11.5 Å². The number of imidazole rings is 1. The van der Waals surface area contributed by atoms with Gasteiger partial charge in [0, 0.05) is 6.92 Å². The first kappa shape index (κ1) is 5.97. The van der Waals surface area contributed by atoms with Gasteiger partial charge in [-0.1, -0.05) is 18.2 Å². The van der Waals surface area contributed by atoms with Crippen molar-refractivity contribution in [3.63, 3.8) is 0 Å². The van der Waals surface area contributed by atoms with Crippen LogP contribution in [0.4, 0.5) is 0 Å². The normalized spacial score (nSPS) is 12.5. The lowest BCUT2D eigenvalue weighted by atomic mass is 10.3. The van der Waals surface area contributed by atoms with Crippen LogP contribution in [0.1, 0.15) is 8.57 Å². The van der Waals surface area contributed by atoms with E-state index in [1.54, 1.807) is 16.2 Å². The minimum absolute atomic E-state index is 0.223. The third-order valence-electron chi connectivity index (χ3n) is 2.15. The molecule has 0 atom stereocenters. The van der Waals surface area contributed by atoms with E-state index in [4.69, 9.17) is 2.74 Å². The number of rotatable bonds is 1. The number of hydrogen-bond acceptors (Lipinski definition) is 0. The number of para-hydroxylation sites is 1. The molecule has 0 bridgehead atoms. The molecular weight excluding hydrogens is 160 g/mol. The van der Waals surface area contributed by atoms with E-state index in [9.17, 15) is 0 Å². The molecule has 2 heteroatoms. The van der Waals surface area contributed by atoms with Crippen LogP contribution in [0, 0.1) is 6.92 Å². The molecule has 2 rings (SSSR count). The van der Waals surface area contributed by atoms with Crippen molar-refractivity contribution in [2.75, 3.05) is 0 Å². The minimum Gasteiger partial charge on any atom is -0.237 e. The van der Waals surface area contributed by atoms with E-state index in [1.165, 1.54) is 0 Å². The van der Waals surface area contributed by atoms with Gasteiger partial charge in [-0.25, -0.2) is 9.13 Å². The lowest BCUT2D eigenvalue weighted by molar-refractivity contribution is -0.677. The highest BCUT2D eigenvalue weighted by Crippen LogP contribution is 2.07. The maximum atomic E-state index is 7.85. The Balaban J connectivity index is 2.69. The van der Waals surface area contributed by atoms with Crippen LogP contribution >= 0.6 is 0 Å². The quantitative estimate of drug-likeness (QED) is 0.582. The van der Waals surface area contributed by atoms with Crippen LogP contribution in [0.5, 0.6) is 0 Å². The highest BCUT2D eigenvalue weighted by atomic mass is 15.1. The zero-order chi connectivity index (χ0) is 11.0. The van der Waals surface area contributed by atoms with Crippen molar-refractivity contribution in [2.45, 2.75) is 6.92 Å². The Morgan fingerprint density at radius 1 is 1.31 bits per heavy atom. The summed E-state index contributed by atoms with van der Waals surface area (Å²) in [6, 6.07) is 9.66. The molecule has 13 heavy (non-hydrogen) atoms. The molecule has 0 radical (unpaired) electrons. The summed E-state index contributed by atoms with van der Waals surface area (Å²) >= 11 is 0. The molecule has 0 saturated carbocycles. The third kappa shape index (κ3) is 1.35. The van der Waals surface area contributed by atoms with Gasteiger partial charge in [0.1, 0.15) is 20.8 Å².